The second-order valence-corrected chi connectivity index (χ2v) is 5.98. The molecule has 0 amide bonds. The quantitative estimate of drug-likeness (QED) is 0.680. The molecule has 1 aliphatic heterocycles. The molecular formula is C14H27N3O2. The molecule has 0 aromatic heterocycles. The van der Waals surface area contributed by atoms with Gasteiger partial charge in [-0.25, -0.2) is 0 Å². The maximum absolute atomic E-state index is 11.1. The molecule has 0 radical (unpaired) electrons. The number of carbonyl (C=O) groups is 1. The lowest BCUT2D eigenvalue weighted by Gasteiger charge is -2.32. The van der Waals surface area contributed by atoms with Crippen LogP contribution in [-0.4, -0.2) is 73.7 Å². The molecule has 110 valence electrons. The zero-order valence-corrected chi connectivity index (χ0v) is 12.0. The minimum atomic E-state index is -0.608. The van der Waals surface area contributed by atoms with Gasteiger partial charge in [-0.2, -0.15) is 0 Å². The highest BCUT2D eigenvalue weighted by Gasteiger charge is 2.32. The first kappa shape index (κ1) is 14.8. The molecular weight excluding hydrogens is 242 g/mol. The van der Waals surface area contributed by atoms with Gasteiger partial charge in [-0.1, -0.05) is 6.42 Å². The maximum Gasteiger partial charge on any atom is 0.306 e. The lowest BCUT2D eigenvalue weighted by Crippen LogP contribution is -2.46. The number of hydrogen-bond donors (Lipinski definition) is 2. The van der Waals surface area contributed by atoms with Crippen LogP contribution >= 0.6 is 0 Å². The first-order valence-corrected chi connectivity index (χ1v) is 7.51. The normalized spacial score (nSPS) is 29.7. The van der Waals surface area contributed by atoms with Crippen LogP contribution in [0.1, 0.15) is 19.3 Å². The van der Waals surface area contributed by atoms with Crippen molar-refractivity contribution in [1.82, 2.24) is 15.1 Å². The number of piperazine rings is 1. The van der Waals surface area contributed by atoms with E-state index in [-0.39, 0.29) is 5.92 Å². The van der Waals surface area contributed by atoms with E-state index in [1.807, 2.05) is 0 Å². The van der Waals surface area contributed by atoms with Crippen LogP contribution < -0.4 is 5.32 Å². The molecule has 1 aliphatic carbocycles. The Bertz CT molecular complexity index is 290. The summed E-state index contributed by atoms with van der Waals surface area (Å²) in [5, 5.41) is 12.6. The summed E-state index contributed by atoms with van der Waals surface area (Å²) in [5.74, 6) is -0.385. The Labute approximate surface area is 115 Å². The Morgan fingerprint density at radius 2 is 2.00 bits per heavy atom. The molecule has 0 bridgehead atoms. The number of hydrogen-bond acceptors (Lipinski definition) is 4. The molecule has 2 aliphatic rings. The highest BCUT2D eigenvalue weighted by molar-refractivity contribution is 5.70. The van der Waals surface area contributed by atoms with Gasteiger partial charge >= 0.3 is 5.97 Å². The minimum absolute atomic E-state index is 0.115. The molecule has 2 N–H and O–H groups in total. The smallest absolute Gasteiger partial charge is 0.306 e. The highest BCUT2D eigenvalue weighted by Crippen LogP contribution is 2.31. The topological polar surface area (TPSA) is 55.8 Å². The van der Waals surface area contributed by atoms with Crippen LogP contribution in [0.4, 0.5) is 0 Å². The van der Waals surface area contributed by atoms with Gasteiger partial charge in [0.2, 0.25) is 0 Å². The molecule has 5 heteroatoms. The Hall–Kier alpha value is -0.650. The second-order valence-electron chi connectivity index (χ2n) is 5.98. The summed E-state index contributed by atoms with van der Waals surface area (Å²) in [6, 6.07) is 0. The van der Waals surface area contributed by atoms with E-state index in [2.05, 4.69) is 22.2 Å². The first-order valence-electron chi connectivity index (χ1n) is 7.51. The molecule has 1 heterocycles. The molecule has 5 nitrogen and oxygen atoms in total. The van der Waals surface area contributed by atoms with E-state index < -0.39 is 5.97 Å². The Morgan fingerprint density at radius 3 is 2.68 bits per heavy atom. The largest absolute Gasteiger partial charge is 0.481 e. The Kier molecular flexibility index (Phi) is 5.60. The number of nitrogens with one attached hydrogen (secondary N) is 1. The summed E-state index contributed by atoms with van der Waals surface area (Å²) in [4.78, 5) is 15.9. The van der Waals surface area contributed by atoms with Crippen molar-refractivity contribution < 1.29 is 9.90 Å². The monoisotopic (exact) mass is 269 g/mol. The molecule has 2 fully saturated rings. The predicted molar refractivity (Wildman–Crippen MR) is 75.3 cm³/mol. The van der Waals surface area contributed by atoms with E-state index in [0.29, 0.717) is 5.92 Å². The summed E-state index contributed by atoms with van der Waals surface area (Å²) in [7, 11) is 2.17. The fraction of sp³-hybridized carbons (Fsp3) is 0.929. The molecule has 1 saturated carbocycles. The minimum Gasteiger partial charge on any atom is -0.481 e. The van der Waals surface area contributed by atoms with Crippen LogP contribution in [0.2, 0.25) is 0 Å². The molecule has 2 rings (SSSR count). The van der Waals surface area contributed by atoms with E-state index >= 15 is 0 Å². The standard InChI is InChI=1S/C14H27N3O2/c1-16-7-9-17(10-8-16)6-5-15-11-12-3-2-4-13(12)14(18)19/h12-13,15H,2-11H2,1H3,(H,18,19). The lowest BCUT2D eigenvalue weighted by atomic mass is 9.96. The zero-order valence-electron chi connectivity index (χ0n) is 12.0. The van der Waals surface area contributed by atoms with Gasteiger partial charge in [-0.05, 0) is 32.4 Å². The van der Waals surface area contributed by atoms with Gasteiger partial charge in [-0.3, -0.25) is 9.69 Å². The van der Waals surface area contributed by atoms with Crippen LogP contribution in [0.25, 0.3) is 0 Å². The van der Waals surface area contributed by atoms with Crippen molar-refractivity contribution in [2.24, 2.45) is 11.8 Å². The predicted octanol–water partition coefficient (Wildman–Crippen LogP) is 0.324. The van der Waals surface area contributed by atoms with Gasteiger partial charge in [0.15, 0.2) is 0 Å². The summed E-state index contributed by atoms with van der Waals surface area (Å²) < 4.78 is 0. The number of likely N-dealkylation sites (N-methyl/N-ethyl adjacent to an activating group) is 1. The van der Waals surface area contributed by atoms with Crippen molar-refractivity contribution in [3.05, 3.63) is 0 Å². The SMILES string of the molecule is CN1CCN(CCNCC2CCCC2C(=O)O)CC1. The fourth-order valence-corrected chi connectivity index (χ4v) is 3.20. The van der Waals surface area contributed by atoms with Crippen LogP contribution in [0.5, 0.6) is 0 Å². The summed E-state index contributed by atoms with van der Waals surface area (Å²) in [6.45, 7) is 7.54. The van der Waals surface area contributed by atoms with Crippen LogP contribution in [-0.2, 0) is 4.79 Å². The van der Waals surface area contributed by atoms with E-state index in [1.165, 1.54) is 0 Å². The maximum atomic E-state index is 11.1. The third-order valence-electron chi connectivity index (χ3n) is 4.58. The van der Waals surface area contributed by atoms with Crippen molar-refractivity contribution in [2.75, 3.05) is 52.9 Å². The van der Waals surface area contributed by atoms with Gasteiger partial charge in [0.25, 0.3) is 0 Å². The fourth-order valence-electron chi connectivity index (χ4n) is 3.20. The molecule has 2 atom stereocenters. The van der Waals surface area contributed by atoms with Gasteiger partial charge in [0.1, 0.15) is 0 Å². The number of nitrogens with zero attached hydrogens (tertiary/aromatic N) is 2. The molecule has 2 unspecified atom stereocenters. The molecule has 19 heavy (non-hydrogen) atoms. The number of aliphatic carboxylic acids is 1. The highest BCUT2D eigenvalue weighted by atomic mass is 16.4. The van der Waals surface area contributed by atoms with Gasteiger partial charge in [0, 0.05) is 39.3 Å². The Balaban J connectivity index is 1.58. The number of carboxylic acids is 1. The van der Waals surface area contributed by atoms with Gasteiger partial charge < -0.3 is 15.3 Å². The average molecular weight is 269 g/mol. The van der Waals surface area contributed by atoms with Gasteiger partial charge in [-0.15, -0.1) is 0 Å². The number of carboxylic acid groups (broad SMARTS) is 1. The van der Waals surface area contributed by atoms with Crippen molar-refractivity contribution in [2.45, 2.75) is 19.3 Å². The third kappa shape index (κ3) is 4.44. The zero-order chi connectivity index (χ0) is 13.7. The second kappa shape index (κ2) is 7.22. The number of rotatable bonds is 6. The molecule has 0 aromatic carbocycles. The molecule has 0 aromatic rings. The lowest BCUT2D eigenvalue weighted by molar-refractivity contribution is -0.142. The van der Waals surface area contributed by atoms with Crippen molar-refractivity contribution >= 4 is 5.97 Å². The van der Waals surface area contributed by atoms with Crippen LogP contribution in [0, 0.1) is 11.8 Å². The summed E-state index contributed by atoms with van der Waals surface area (Å²) in [6.07, 6.45) is 3.00. The first-order chi connectivity index (χ1) is 9.16. The summed E-state index contributed by atoms with van der Waals surface area (Å²) in [5.41, 5.74) is 0. The van der Waals surface area contributed by atoms with Gasteiger partial charge in [0.05, 0.1) is 5.92 Å². The molecule has 1 saturated heterocycles. The van der Waals surface area contributed by atoms with Crippen LogP contribution in [0.15, 0.2) is 0 Å². The Morgan fingerprint density at radius 1 is 1.26 bits per heavy atom. The molecule has 0 spiro atoms. The summed E-state index contributed by atoms with van der Waals surface area (Å²) >= 11 is 0. The van der Waals surface area contributed by atoms with E-state index in [4.69, 9.17) is 5.11 Å². The van der Waals surface area contributed by atoms with E-state index in [1.54, 1.807) is 0 Å². The van der Waals surface area contributed by atoms with Crippen molar-refractivity contribution in [3.63, 3.8) is 0 Å². The average Bonchev–Trinajstić information content (AvgIpc) is 2.85. The van der Waals surface area contributed by atoms with Crippen LogP contribution in [0.3, 0.4) is 0 Å². The van der Waals surface area contributed by atoms with E-state index in [9.17, 15) is 4.79 Å². The van der Waals surface area contributed by atoms with Crippen molar-refractivity contribution in [1.29, 1.82) is 0 Å². The third-order valence-corrected chi connectivity index (χ3v) is 4.58. The van der Waals surface area contributed by atoms with E-state index in [0.717, 1.165) is 65.1 Å². The van der Waals surface area contributed by atoms with Crippen molar-refractivity contribution in [3.8, 4) is 0 Å².